The van der Waals surface area contributed by atoms with Gasteiger partial charge in [0.05, 0.1) is 6.10 Å². The summed E-state index contributed by atoms with van der Waals surface area (Å²) in [6, 6.07) is 10.8. The summed E-state index contributed by atoms with van der Waals surface area (Å²) in [4.78, 5) is 12.4. The molecule has 0 aromatic heterocycles. The van der Waals surface area contributed by atoms with Gasteiger partial charge < -0.3 is 19.9 Å². The molecule has 0 aliphatic carbocycles. The first-order valence-electron chi connectivity index (χ1n) is 11.5. The van der Waals surface area contributed by atoms with Gasteiger partial charge >= 0.3 is 0 Å². The SMILES string of the molecule is CCNC(=NCCCN1CCN(c2ccccc2)CC1)N1CCC(OCC)CC1. The zero-order chi connectivity index (χ0) is 20.3. The van der Waals surface area contributed by atoms with Crippen molar-refractivity contribution < 1.29 is 4.74 Å². The Hall–Kier alpha value is -1.79. The molecule has 3 rings (SSSR count). The fourth-order valence-electron chi connectivity index (χ4n) is 4.24. The van der Waals surface area contributed by atoms with Crippen LogP contribution in [0, 0.1) is 0 Å². The molecule has 0 amide bonds. The molecule has 6 nitrogen and oxygen atoms in total. The first kappa shape index (κ1) is 21.9. The molecule has 2 aliphatic heterocycles. The van der Waals surface area contributed by atoms with Gasteiger partial charge in [-0.05, 0) is 45.2 Å². The number of hydrogen-bond acceptors (Lipinski definition) is 4. The van der Waals surface area contributed by atoms with Gasteiger partial charge in [0.2, 0.25) is 0 Å². The summed E-state index contributed by atoms with van der Waals surface area (Å²) < 4.78 is 5.78. The third-order valence-electron chi connectivity index (χ3n) is 5.87. The molecule has 2 saturated heterocycles. The molecule has 1 aromatic carbocycles. The average molecular weight is 402 g/mol. The number of nitrogens with one attached hydrogen (secondary N) is 1. The highest BCUT2D eigenvalue weighted by atomic mass is 16.5. The van der Waals surface area contributed by atoms with Gasteiger partial charge in [-0.3, -0.25) is 9.89 Å². The topological polar surface area (TPSA) is 43.3 Å². The Morgan fingerprint density at radius 3 is 2.41 bits per heavy atom. The number of likely N-dealkylation sites (tertiary alicyclic amines) is 1. The molecular weight excluding hydrogens is 362 g/mol. The van der Waals surface area contributed by atoms with Crippen LogP contribution in [-0.4, -0.2) is 87.4 Å². The van der Waals surface area contributed by atoms with E-state index in [9.17, 15) is 0 Å². The number of rotatable bonds is 8. The third kappa shape index (κ3) is 6.89. The molecule has 162 valence electrons. The first-order chi connectivity index (χ1) is 14.3. The van der Waals surface area contributed by atoms with Crippen molar-refractivity contribution in [2.75, 3.05) is 70.4 Å². The van der Waals surface area contributed by atoms with Crippen molar-refractivity contribution in [3.05, 3.63) is 30.3 Å². The van der Waals surface area contributed by atoms with E-state index in [0.717, 1.165) is 90.7 Å². The van der Waals surface area contributed by atoms with Gasteiger partial charge in [0.25, 0.3) is 0 Å². The Balaban J connectivity index is 1.37. The van der Waals surface area contributed by atoms with Gasteiger partial charge in [-0.1, -0.05) is 18.2 Å². The number of ether oxygens (including phenoxy) is 1. The van der Waals surface area contributed by atoms with Crippen LogP contribution in [0.5, 0.6) is 0 Å². The first-order valence-corrected chi connectivity index (χ1v) is 11.5. The molecule has 6 heteroatoms. The summed E-state index contributed by atoms with van der Waals surface area (Å²) in [7, 11) is 0. The number of nitrogens with zero attached hydrogens (tertiary/aromatic N) is 4. The number of piperazine rings is 1. The molecule has 0 radical (unpaired) electrons. The highest BCUT2D eigenvalue weighted by molar-refractivity contribution is 5.80. The lowest BCUT2D eigenvalue weighted by Gasteiger charge is -2.36. The van der Waals surface area contributed by atoms with E-state index >= 15 is 0 Å². The van der Waals surface area contributed by atoms with Gasteiger partial charge in [-0.25, -0.2) is 0 Å². The molecule has 0 atom stereocenters. The molecular formula is C23H39N5O. The van der Waals surface area contributed by atoms with Crippen LogP contribution in [0.4, 0.5) is 5.69 Å². The van der Waals surface area contributed by atoms with Crippen LogP contribution in [0.2, 0.25) is 0 Å². The summed E-state index contributed by atoms with van der Waals surface area (Å²) in [5.41, 5.74) is 1.35. The van der Waals surface area contributed by atoms with Crippen molar-refractivity contribution in [1.82, 2.24) is 15.1 Å². The molecule has 0 bridgehead atoms. The van der Waals surface area contributed by atoms with E-state index in [4.69, 9.17) is 9.73 Å². The second kappa shape index (κ2) is 12.0. The molecule has 2 aliphatic rings. The molecule has 2 heterocycles. The van der Waals surface area contributed by atoms with Crippen LogP contribution in [0.3, 0.4) is 0 Å². The third-order valence-corrected chi connectivity index (χ3v) is 5.87. The fourth-order valence-corrected chi connectivity index (χ4v) is 4.24. The predicted molar refractivity (Wildman–Crippen MR) is 122 cm³/mol. The van der Waals surface area contributed by atoms with Crippen molar-refractivity contribution in [3.8, 4) is 0 Å². The van der Waals surface area contributed by atoms with Crippen molar-refractivity contribution in [3.63, 3.8) is 0 Å². The van der Waals surface area contributed by atoms with E-state index in [2.05, 4.69) is 64.2 Å². The van der Waals surface area contributed by atoms with E-state index < -0.39 is 0 Å². The Morgan fingerprint density at radius 1 is 1.03 bits per heavy atom. The van der Waals surface area contributed by atoms with Crippen molar-refractivity contribution in [1.29, 1.82) is 0 Å². The predicted octanol–water partition coefficient (Wildman–Crippen LogP) is 2.67. The molecule has 1 N–H and O–H groups in total. The maximum atomic E-state index is 5.78. The number of anilines is 1. The minimum Gasteiger partial charge on any atom is -0.378 e. The molecule has 29 heavy (non-hydrogen) atoms. The zero-order valence-corrected chi connectivity index (χ0v) is 18.4. The quantitative estimate of drug-likeness (QED) is 0.412. The van der Waals surface area contributed by atoms with E-state index in [1.54, 1.807) is 0 Å². The van der Waals surface area contributed by atoms with Crippen molar-refractivity contribution in [2.24, 2.45) is 4.99 Å². The van der Waals surface area contributed by atoms with Gasteiger partial charge in [-0.15, -0.1) is 0 Å². The summed E-state index contributed by atoms with van der Waals surface area (Å²) in [5.74, 6) is 1.08. The molecule has 1 aromatic rings. The number of aliphatic imine (C=N–C) groups is 1. The Kier molecular flexibility index (Phi) is 9.09. The number of hydrogen-bond donors (Lipinski definition) is 1. The Labute approximate surface area is 176 Å². The largest absolute Gasteiger partial charge is 0.378 e. The minimum absolute atomic E-state index is 0.425. The van der Waals surface area contributed by atoms with Crippen LogP contribution in [0.25, 0.3) is 0 Å². The summed E-state index contributed by atoms with van der Waals surface area (Å²) in [6.07, 6.45) is 3.75. The van der Waals surface area contributed by atoms with Crippen LogP contribution < -0.4 is 10.2 Å². The number of piperidine rings is 1. The smallest absolute Gasteiger partial charge is 0.193 e. The van der Waals surface area contributed by atoms with Crippen LogP contribution in [0.15, 0.2) is 35.3 Å². The van der Waals surface area contributed by atoms with Gasteiger partial charge in [0, 0.05) is 71.2 Å². The maximum Gasteiger partial charge on any atom is 0.193 e. The highest BCUT2D eigenvalue weighted by Crippen LogP contribution is 2.16. The monoisotopic (exact) mass is 401 g/mol. The average Bonchev–Trinajstić information content (AvgIpc) is 2.78. The second-order valence-electron chi connectivity index (χ2n) is 7.90. The Morgan fingerprint density at radius 2 is 1.76 bits per heavy atom. The lowest BCUT2D eigenvalue weighted by atomic mass is 10.1. The van der Waals surface area contributed by atoms with E-state index in [0.29, 0.717) is 6.10 Å². The zero-order valence-electron chi connectivity index (χ0n) is 18.4. The van der Waals surface area contributed by atoms with Crippen molar-refractivity contribution in [2.45, 2.75) is 39.2 Å². The highest BCUT2D eigenvalue weighted by Gasteiger charge is 2.21. The van der Waals surface area contributed by atoms with E-state index in [1.807, 2.05) is 0 Å². The maximum absolute atomic E-state index is 5.78. The Bertz CT molecular complexity index is 593. The number of guanidine groups is 1. The van der Waals surface area contributed by atoms with Crippen LogP contribution in [0.1, 0.15) is 33.1 Å². The standard InChI is InChI=1S/C23H39N5O/c1-3-24-23(28-15-11-22(12-16-28)29-4-2)25-13-8-14-26-17-19-27(20-18-26)21-9-6-5-7-10-21/h5-7,9-10,22H,3-4,8,11-20H2,1-2H3,(H,24,25). The van der Waals surface area contributed by atoms with Crippen molar-refractivity contribution >= 4 is 11.6 Å². The molecule has 0 spiro atoms. The normalized spacial score (nSPS) is 19.6. The number of para-hydroxylation sites is 1. The lowest BCUT2D eigenvalue weighted by molar-refractivity contribution is 0.0264. The summed E-state index contributed by atoms with van der Waals surface area (Å²) >= 11 is 0. The van der Waals surface area contributed by atoms with E-state index in [-0.39, 0.29) is 0 Å². The summed E-state index contributed by atoms with van der Waals surface area (Å²) in [6.45, 7) is 14.6. The number of benzene rings is 1. The summed E-state index contributed by atoms with van der Waals surface area (Å²) in [5, 5.41) is 3.48. The van der Waals surface area contributed by atoms with Gasteiger partial charge in [-0.2, -0.15) is 0 Å². The molecule has 2 fully saturated rings. The minimum atomic E-state index is 0.425. The molecule has 0 saturated carbocycles. The van der Waals surface area contributed by atoms with Crippen LogP contribution >= 0.6 is 0 Å². The lowest BCUT2D eigenvalue weighted by Crippen LogP contribution is -2.47. The fraction of sp³-hybridized carbons (Fsp3) is 0.696. The van der Waals surface area contributed by atoms with Crippen LogP contribution in [-0.2, 0) is 4.74 Å². The second-order valence-corrected chi connectivity index (χ2v) is 7.90. The van der Waals surface area contributed by atoms with E-state index in [1.165, 1.54) is 5.69 Å². The molecule has 0 unspecified atom stereocenters. The van der Waals surface area contributed by atoms with Gasteiger partial charge in [0.15, 0.2) is 5.96 Å². The van der Waals surface area contributed by atoms with Gasteiger partial charge in [0.1, 0.15) is 0 Å².